The summed E-state index contributed by atoms with van der Waals surface area (Å²) in [6, 6.07) is 7.90. The van der Waals surface area contributed by atoms with Crippen molar-refractivity contribution in [3.8, 4) is 0 Å². The van der Waals surface area contributed by atoms with Crippen molar-refractivity contribution in [2.45, 2.75) is 56.0 Å². The Kier molecular flexibility index (Phi) is 6.69. The normalized spacial score (nSPS) is 28.5. The van der Waals surface area contributed by atoms with Gasteiger partial charge in [0.05, 0.1) is 10.8 Å². The third-order valence-electron chi connectivity index (χ3n) is 6.23. The predicted octanol–water partition coefficient (Wildman–Crippen LogP) is 2.17. The van der Waals surface area contributed by atoms with Crippen LogP contribution in [0.2, 0.25) is 0 Å². The zero-order valence-electron chi connectivity index (χ0n) is 16.3. The zero-order chi connectivity index (χ0) is 19.0. The molecule has 28 heavy (non-hydrogen) atoms. The first-order chi connectivity index (χ1) is 12.9. The molecular formula is C20H30ClN3O3S. The van der Waals surface area contributed by atoms with Crippen molar-refractivity contribution in [3.63, 3.8) is 0 Å². The molecule has 3 saturated heterocycles. The molecule has 6 nitrogen and oxygen atoms in total. The molecule has 8 heteroatoms. The molecule has 0 saturated carbocycles. The Morgan fingerprint density at radius 3 is 2.46 bits per heavy atom. The maximum Gasteiger partial charge on any atom is 0.243 e. The van der Waals surface area contributed by atoms with Gasteiger partial charge in [-0.15, -0.1) is 12.4 Å². The van der Waals surface area contributed by atoms with Crippen LogP contribution in [-0.2, 0) is 14.8 Å². The number of hydrogen-bond donors (Lipinski definition) is 1. The Morgan fingerprint density at radius 1 is 1.00 bits per heavy atom. The number of nitrogens with zero attached hydrogens (tertiary/aromatic N) is 2. The first kappa shape index (κ1) is 21.6. The van der Waals surface area contributed by atoms with E-state index in [2.05, 4.69) is 5.32 Å². The number of fused-ring (bicyclic) bond motifs is 2. The SMILES string of the molecule is Cc1ccc(S(=O)(=O)N2CCCC(C(=O)N3CCC4CCC(C3)N4)C2)cc1.Cl. The molecule has 1 amide bonds. The van der Waals surface area contributed by atoms with Crippen LogP contribution in [0.1, 0.15) is 37.7 Å². The molecule has 1 N–H and O–H groups in total. The van der Waals surface area contributed by atoms with Crippen LogP contribution in [-0.4, -0.2) is 61.8 Å². The Labute approximate surface area is 174 Å². The van der Waals surface area contributed by atoms with Crippen LogP contribution >= 0.6 is 12.4 Å². The molecule has 0 radical (unpaired) electrons. The second-order valence-corrected chi connectivity index (χ2v) is 10.2. The van der Waals surface area contributed by atoms with Gasteiger partial charge in [0, 0.05) is 38.3 Å². The van der Waals surface area contributed by atoms with Gasteiger partial charge in [-0.2, -0.15) is 4.31 Å². The lowest BCUT2D eigenvalue weighted by atomic mass is 9.97. The number of benzene rings is 1. The number of rotatable bonds is 3. The van der Waals surface area contributed by atoms with E-state index in [0.717, 1.165) is 44.3 Å². The van der Waals surface area contributed by atoms with Gasteiger partial charge in [-0.05, 0) is 51.2 Å². The first-order valence-electron chi connectivity index (χ1n) is 10.0. The van der Waals surface area contributed by atoms with E-state index in [4.69, 9.17) is 0 Å². The number of piperidine rings is 1. The van der Waals surface area contributed by atoms with Crippen molar-refractivity contribution >= 4 is 28.3 Å². The van der Waals surface area contributed by atoms with Crippen LogP contribution < -0.4 is 5.32 Å². The standard InChI is InChI=1S/C20H29N3O3S.ClH/c1-15-4-8-19(9-5-15)27(25,26)23-11-2-3-16(13-23)20(24)22-12-10-17-6-7-18(14-22)21-17;/h4-5,8-9,16-18,21H,2-3,6-7,10-14H2,1H3;1H. The van der Waals surface area contributed by atoms with Gasteiger partial charge in [0.1, 0.15) is 0 Å². The maximum atomic E-state index is 13.1. The molecule has 3 heterocycles. The molecule has 2 bridgehead atoms. The van der Waals surface area contributed by atoms with E-state index in [1.807, 2.05) is 24.0 Å². The van der Waals surface area contributed by atoms with Gasteiger partial charge in [0.2, 0.25) is 15.9 Å². The fraction of sp³-hybridized carbons (Fsp3) is 0.650. The number of hydrogen-bond acceptors (Lipinski definition) is 4. The molecule has 1 aromatic rings. The van der Waals surface area contributed by atoms with Crippen molar-refractivity contribution in [1.82, 2.24) is 14.5 Å². The lowest BCUT2D eigenvalue weighted by molar-refractivity contribution is -0.136. The summed E-state index contributed by atoms with van der Waals surface area (Å²) < 4.78 is 27.5. The summed E-state index contributed by atoms with van der Waals surface area (Å²) in [4.78, 5) is 15.4. The minimum Gasteiger partial charge on any atom is -0.341 e. The first-order valence-corrected chi connectivity index (χ1v) is 11.5. The van der Waals surface area contributed by atoms with E-state index in [-0.39, 0.29) is 24.2 Å². The Balaban J connectivity index is 0.00000225. The fourth-order valence-electron chi connectivity index (χ4n) is 4.62. The summed E-state index contributed by atoms with van der Waals surface area (Å²) in [5.41, 5.74) is 1.03. The molecule has 1 aromatic carbocycles. The Bertz CT molecular complexity index is 799. The van der Waals surface area contributed by atoms with Gasteiger partial charge < -0.3 is 10.2 Å². The van der Waals surface area contributed by atoms with Crippen LogP contribution in [0.3, 0.4) is 0 Å². The number of likely N-dealkylation sites (tertiary alicyclic amines) is 1. The molecule has 0 aromatic heterocycles. The molecule has 0 spiro atoms. The van der Waals surface area contributed by atoms with E-state index < -0.39 is 10.0 Å². The van der Waals surface area contributed by atoms with Crippen LogP contribution in [0.25, 0.3) is 0 Å². The maximum absolute atomic E-state index is 13.1. The fourth-order valence-corrected chi connectivity index (χ4v) is 6.15. The van der Waals surface area contributed by atoms with Crippen molar-refractivity contribution < 1.29 is 13.2 Å². The largest absolute Gasteiger partial charge is 0.341 e. The van der Waals surface area contributed by atoms with Gasteiger partial charge in [-0.25, -0.2) is 8.42 Å². The zero-order valence-corrected chi connectivity index (χ0v) is 18.0. The Morgan fingerprint density at radius 2 is 1.71 bits per heavy atom. The average molecular weight is 428 g/mol. The second kappa shape index (κ2) is 8.69. The van der Waals surface area contributed by atoms with Crippen molar-refractivity contribution in [1.29, 1.82) is 0 Å². The van der Waals surface area contributed by atoms with Crippen molar-refractivity contribution in [3.05, 3.63) is 29.8 Å². The highest BCUT2D eigenvalue weighted by Gasteiger charge is 2.37. The van der Waals surface area contributed by atoms with E-state index >= 15 is 0 Å². The number of carbonyl (C=O) groups is 1. The summed E-state index contributed by atoms with van der Waals surface area (Å²) in [7, 11) is -3.54. The van der Waals surface area contributed by atoms with E-state index in [1.54, 1.807) is 12.1 Å². The topological polar surface area (TPSA) is 69.7 Å². The molecule has 0 aliphatic carbocycles. The van der Waals surface area contributed by atoms with E-state index in [1.165, 1.54) is 10.7 Å². The minimum absolute atomic E-state index is 0. The number of halogens is 1. The van der Waals surface area contributed by atoms with Crippen LogP contribution in [0.15, 0.2) is 29.2 Å². The molecular weight excluding hydrogens is 398 g/mol. The minimum atomic E-state index is -3.54. The van der Waals surface area contributed by atoms with Gasteiger partial charge in [0.25, 0.3) is 0 Å². The molecule has 3 atom stereocenters. The number of sulfonamides is 1. The van der Waals surface area contributed by atoms with Gasteiger partial charge >= 0.3 is 0 Å². The van der Waals surface area contributed by atoms with Crippen molar-refractivity contribution in [2.24, 2.45) is 5.92 Å². The highest BCUT2D eigenvalue weighted by molar-refractivity contribution is 7.89. The second-order valence-electron chi connectivity index (χ2n) is 8.23. The van der Waals surface area contributed by atoms with E-state index in [0.29, 0.717) is 30.1 Å². The van der Waals surface area contributed by atoms with Crippen LogP contribution in [0.5, 0.6) is 0 Å². The predicted molar refractivity (Wildman–Crippen MR) is 111 cm³/mol. The molecule has 3 fully saturated rings. The summed E-state index contributed by atoms with van der Waals surface area (Å²) in [6.45, 7) is 4.28. The number of carbonyl (C=O) groups excluding carboxylic acids is 1. The van der Waals surface area contributed by atoms with Gasteiger partial charge in [-0.3, -0.25) is 4.79 Å². The summed E-state index contributed by atoms with van der Waals surface area (Å²) in [5, 5.41) is 3.60. The summed E-state index contributed by atoms with van der Waals surface area (Å²) in [5.74, 6) is -0.0937. The lowest BCUT2D eigenvalue weighted by Crippen LogP contribution is -2.48. The van der Waals surface area contributed by atoms with Gasteiger partial charge in [0.15, 0.2) is 0 Å². The van der Waals surface area contributed by atoms with E-state index in [9.17, 15) is 13.2 Å². The third kappa shape index (κ3) is 4.37. The molecule has 3 aliphatic rings. The molecule has 156 valence electrons. The lowest BCUT2D eigenvalue weighted by Gasteiger charge is -2.35. The Hall–Kier alpha value is -1.15. The molecule has 3 unspecified atom stereocenters. The number of amides is 1. The summed E-state index contributed by atoms with van der Waals surface area (Å²) >= 11 is 0. The molecule has 4 rings (SSSR count). The van der Waals surface area contributed by atoms with Crippen LogP contribution in [0, 0.1) is 12.8 Å². The smallest absolute Gasteiger partial charge is 0.243 e. The van der Waals surface area contributed by atoms with Crippen molar-refractivity contribution in [2.75, 3.05) is 26.2 Å². The summed E-state index contributed by atoms with van der Waals surface area (Å²) in [6.07, 6.45) is 4.85. The quantitative estimate of drug-likeness (QED) is 0.802. The number of aryl methyl sites for hydroxylation is 1. The third-order valence-corrected chi connectivity index (χ3v) is 8.11. The highest BCUT2D eigenvalue weighted by atomic mass is 35.5. The van der Waals surface area contributed by atoms with Gasteiger partial charge in [-0.1, -0.05) is 17.7 Å². The molecule has 3 aliphatic heterocycles. The van der Waals surface area contributed by atoms with Crippen LogP contribution in [0.4, 0.5) is 0 Å². The number of nitrogens with one attached hydrogen (secondary N) is 1. The average Bonchev–Trinajstić information content (AvgIpc) is 3.00. The highest BCUT2D eigenvalue weighted by Crippen LogP contribution is 2.27. The monoisotopic (exact) mass is 427 g/mol.